The lowest BCUT2D eigenvalue weighted by molar-refractivity contribution is -0.167. The SMILES string of the molecule is O=C(O)C(F)(F)c1ncnn1-c1ccccc1. The van der Waals surface area contributed by atoms with Gasteiger partial charge in [-0.05, 0) is 12.1 Å². The van der Waals surface area contributed by atoms with Crippen molar-refractivity contribution < 1.29 is 18.7 Å². The van der Waals surface area contributed by atoms with E-state index in [1.165, 1.54) is 12.1 Å². The molecule has 17 heavy (non-hydrogen) atoms. The fraction of sp³-hybridized carbons (Fsp3) is 0.100. The average Bonchev–Trinajstić information content (AvgIpc) is 2.79. The van der Waals surface area contributed by atoms with Crippen LogP contribution in [0, 0.1) is 0 Å². The van der Waals surface area contributed by atoms with Crippen LogP contribution in [-0.2, 0) is 10.7 Å². The number of carboxylic acid groups (broad SMARTS) is 1. The second-order valence-electron chi connectivity index (χ2n) is 3.21. The molecule has 7 heteroatoms. The molecule has 0 aliphatic rings. The smallest absolute Gasteiger partial charge is 0.401 e. The molecule has 0 atom stereocenters. The molecule has 0 saturated heterocycles. The summed E-state index contributed by atoms with van der Waals surface area (Å²) < 4.78 is 27.5. The summed E-state index contributed by atoms with van der Waals surface area (Å²) in [5, 5.41) is 12.1. The number of hydrogen-bond acceptors (Lipinski definition) is 3. The number of para-hydroxylation sites is 1. The minimum absolute atomic E-state index is 0.320. The van der Waals surface area contributed by atoms with Gasteiger partial charge in [-0.1, -0.05) is 18.2 Å². The van der Waals surface area contributed by atoms with Crippen molar-refractivity contribution in [3.8, 4) is 5.69 Å². The van der Waals surface area contributed by atoms with E-state index in [1.54, 1.807) is 18.2 Å². The molecule has 0 bridgehead atoms. The first kappa shape index (κ1) is 11.2. The maximum absolute atomic E-state index is 13.3. The van der Waals surface area contributed by atoms with Gasteiger partial charge in [-0.2, -0.15) is 13.9 Å². The number of aromatic nitrogens is 3. The molecule has 2 aromatic rings. The standard InChI is InChI=1S/C10H7F2N3O2/c11-10(12,9(16)17)8-13-6-14-15(8)7-4-2-1-3-5-7/h1-6H,(H,16,17). The zero-order valence-electron chi connectivity index (χ0n) is 8.42. The Labute approximate surface area is 94.3 Å². The van der Waals surface area contributed by atoms with Crippen molar-refractivity contribution in [2.75, 3.05) is 0 Å². The summed E-state index contributed by atoms with van der Waals surface area (Å²) >= 11 is 0. The van der Waals surface area contributed by atoms with Gasteiger partial charge >= 0.3 is 11.9 Å². The van der Waals surface area contributed by atoms with Crippen molar-refractivity contribution in [1.29, 1.82) is 0 Å². The van der Waals surface area contributed by atoms with Gasteiger partial charge in [-0.15, -0.1) is 0 Å². The van der Waals surface area contributed by atoms with E-state index in [0.717, 1.165) is 11.0 Å². The molecule has 0 saturated carbocycles. The molecule has 0 unspecified atom stereocenters. The monoisotopic (exact) mass is 239 g/mol. The topological polar surface area (TPSA) is 68.0 Å². The second kappa shape index (κ2) is 3.93. The van der Waals surface area contributed by atoms with Gasteiger partial charge in [0.05, 0.1) is 5.69 Å². The molecule has 0 aliphatic heterocycles. The third-order valence-corrected chi connectivity index (χ3v) is 2.10. The van der Waals surface area contributed by atoms with Crippen LogP contribution >= 0.6 is 0 Å². The Balaban J connectivity index is 2.53. The Morgan fingerprint density at radius 1 is 1.29 bits per heavy atom. The van der Waals surface area contributed by atoms with Crippen LogP contribution in [0.5, 0.6) is 0 Å². The van der Waals surface area contributed by atoms with E-state index in [2.05, 4.69) is 10.1 Å². The highest BCUT2D eigenvalue weighted by atomic mass is 19.3. The lowest BCUT2D eigenvalue weighted by atomic mass is 10.3. The van der Waals surface area contributed by atoms with Crippen molar-refractivity contribution in [3.05, 3.63) is 42.5 Å². The number of rotatable bonds is 3. The lowest BCUT2D eigenvalue weighted by Crippen LogP contribution is -2.29. The first-order valence-electron chi connectivity index (χ1n) is 4.60. The van der Waals surface area contributed by atoms with Crippen molar-refractivity contribution in [1.82, 2.24) is 14.8 Å². The van der Waals surface area contributed by atoms with Crippen LogP contribution < -0.4 is 0 Å². The van der Waals surface area contributed by atoms with Gasteiger partial charge in [0.15, 0.2) is 0 Å². The van der Waals surface area contributed by atoms with E-state index in [0.29, 0.717) is 5.69 Å². The van der Waals surface area contributed by atoms with Gasteiger partial charge in [0.25, 0.3) is 0 Å². The minimum Gasteiger partial charge on any atom is -0.476 e. The van der Waals surface area contributed by atoms with E-state index in [-0.39, 0.29) is 0 Å². The zero-order chi connectivity index (χ0) is 12.5. The van der Waals surface area contributed by atoms with E-state index in [9.17, 15) is 13.6 Å². The van der Waals surface area contributed by atoms with Crippen LogP contribution in [0.15, 0.2) is 36.7 Å². The molecule has 1 aromatic heterocycles. The van der Waals surface area contributed by atoms with E-state index in [4.69, 9.17) is 5.11 Å². The fourth-order valence-corrected chi connectivity index (χ4v) is 1.31. The molecular weight excluding hydrogens is 232 g/mol. The summed E-state index contributed by atoms with van der Waals surface area (Å²) in [6, 6.07) is 8.00. The largest absolute Gasteiger partial charge is 0.476 e. The molecule has 0 radical (unpaired) electrons. The molecule has 0 spiro atoms. The van der Waals surface area contributed by atoms with Crippen molar-refractivity contribution in [3.63, 3.8) is 0 Å². The van der Waals surface area contributed by atoms with Crippen LogP contribution in [0.1, 0.15) is 5.82 Å². The fourth-order valence-electron chi connectivity index (χ4n) is 1.31. The molecule has 0 fully saturated rings. The predicted molar refractivity (Wildman–Crippen MR) is 52.9 cm³/mol. The third kappa shape index (κ3) is 1.86. The second-order valence-corrected chi connectivity index (χ2v) is 3.21. The Hall–Kier alpha value is -2.31. The van der Waals surface area contributed by atoms with E-state index in [1.807, 2.05) is 0 Å². The number of carboxylic acids is 1. The Morgan fingerprint density at radius 2 is 1.94 bits per heavy atom. The Bertz CT molecular complexity index is 539. The number of carbonyl (C=O) groups is 1. The number of halogens is 2. The Morgan fingerprint density at radius 3 is 2.53 bits per heavy atom. The minimum atomic E-state index is -4.08. The maximum Gasteiger partial charge on any atom is 0.401 e. The highest BCUT2D eigenvalue weighted by molar-refractivity contribution is 5.76. The first-order valence-corrected chi connectivity index (χ1v) is 4.60. The van der Waals surface area contributed by atoms with Gasteiger partial charge in [-0.25, -0.2) is 14.5 Å². The third-order valence-electron chi connectivity index (χ3n) is 2.10. The number of nitrogens with zero attached hydrogens (tertiary/aromatic N) is 3. The molecule has 5 nitrogen and oxygen atoms in total. The molecule has 88 valence electrons. The average molecular weight is 239 g/mol. The lowest BCUT2D eigenvalue weighted by Gasteiger charge is -2.11. The normalized spacial score (nSPS) is 11.4. The van der Waals surface area contributed by atoms with Crippen molar-refractivity contribution in [2.45, 2.75) is 5.92 Å². The summed E-state index contributed by atoms with van der Waals surface area (Å²) in [6.07, 6.45) is 0.888. The summed E-state index contributed by atoms with van der Waals surface area (Å²) in [6.45, 7) is 0. The van der Waals surface area contributed by atoms with Crippen LogP contribution in [0.4, 0.5) is 8.78 Å². The molecule has 1 heterocycles. The highest BCUT2D eigenvalue weighted by Gasteiger charge is 2.46. The molecule has 2 rings (SSSR count). The van der Waals surface area contributed by atoms with Gasteiger partial charge < -0.3 is 5.11 Å². The van der Waals surface area contributed by atoms with Crippen LogP contribution in [-0.4, -0.2) is 25.8 Å². The van der Waals surface area contributed by atoms with Gasteiger partial charge in [0.2, 0.25) is 5.82 Å². The van der Waals surface area contributed by atoms with Gasteiger partial charge in [0, 0.05) is 0 Å². The van der Waals surface area contributed by atoms with Gasteiger partial charge in [0.1, 0.15) is 6.33 Å². The van der Waals surface area contributed by atoms with E-state index < -0.39 is 17.7 Å². The number of alkyl halides is 2. The molecule has 0 amide bonds. The zero-order valence-corrected chi connectivity index (χ0v) is 8.42. The van der Waals surface area contributed by atoms with Crippen molar-refractivity contribution >= 4 is 5.97 Å². The van der Waals surface area contributed by atoms with Gasteiger partial charge in [-0.3, -0.25) is 0 Å². The predicted octanol–water partition coefficient (Wildman–Crippen LogP) is 1.44. The maximum atomic E-state index is 13.3. The quantitative estimate of drug-likeness (QED) is 0.880. The highest BCUT2D eigenvalue weighted by Crippen LogP contribution is 2.27. The first-order chi connectivity index (χ1) is 8.03. The number of aliphatic carboxylic acids is 1. The summed E-state index contributed by atoms with van der Waals surface area (Å²) in [5.41, 5.74) is 0.320. The number of hydrogen-bond donors (Lipinski definition) is 1. The molecular formula is C10H7F2N3O2. The summed E-state index contributed by atoms with van der Waals surface area (Å²) in [5.74, 6) is -7.26. The molecule has 1 aromatic carbocycles. The van der Waals surface area contributed by atoms with E-state index >= 15 is 0 Å². The van der Waals surface area contributed by atoms with Crippen LogP contribution in [0.25, 0.3) is 5.69 Å². The summed E-state index contributed by atoms with van der Waals surface area (Å²) in [7, 11) is 0. The number of benzene rings is 1. The Kier molecular flexibility index (Phi) is 2.58. The van der Waals surface area contributed by atoms with Crippen LogP contribution in [0.2, 0.25) is 0 Å². The van der Waals surface area contributed by atoms with Crippen LogP contribution in [0.3, 0.4) is 0 Å². The molecule has 1 N–H and O–H groups in total. The molecule has 0 aliphatic carbocycles. The van der Waals surface area contributed by atoms with Crippen molar-refractivity contribution in [2.24, 2.45) is 0 Å². The summed E-state index contributed by atoms with van der Waals surface area (Å²) in [4.78, 5) is 13.8.